The summed E-state index contributed by atoms with van der Waals surface area (Å²) < 4.78 is 0. The molecule has 2 heterocycles. The van der Waals surface area contributed by atoms with Gasteiger partial charge in [0.1, 0.15) is 5.03 Å². The summed E-state index contributed by atoms with van der Waals surface area (Å²) in [6.07, 6.45) is 0. The molecule has 20 heavy (non-hydrogen) atoms. The number of benzene rings is 1. The number of aryl methyl sites for hydroxylation is 1. The van der Waals surface area contributed by atoms with Gasteiger partial charge in [-0.25, -0.2) is 9.97 Å². The molecule has 0 aliphatic rings. The van der Waals surface area contributed by atoms with Gasteiger partial charge in [0.05, 0.1) is 22.7 Å². The molecule has 6 heteroatoms. The number of nitriles is 1. The van der Waals surface area contributed by atoms with Crippen LogP contribution in [0, 0.1) is 18.3 Å². The molecule has 0 fully saturated rings. The Bertz CT molecular complexity index is 831. The van der Waals surface area contributed by atoms with Crippen molar-refractivity contribution in [3.63, 3.8) is 0 Å². The molecule has 0 saturated carbocycles. The number of nitrogen functional groups attached to an aromatic ring is 1. The predicted molar refractivity (Wildman–Crippen MR) is 78.3 cm³/mol. The molecule has 3 aromatic rings. The summed E-state index contributed by atoms with van der Waals surface area (Å²) in [5.41, 5.74) is 9.59. The molecule has 98 valence electrons. The standard InChI is InChI=1S/C14H11N5S/c1-8-4-9(7-15)5-13(17-8)20-14-18-11-3-2-10(16)6-12(11)19-14/h2-6H,16H2,1H3,(H,18,19). The third-order valence-electron chi connectivity index (χ3n) is 2.74. The molecule has 3 rings (SSSR count). The van der Waals surface area contributed by atoms with Crippen LogP contribution in [0.25, 0.3) is 11.0 Å². The molecule has 0 radical (unpaired) electrons. The van der Waals surface area contributed by atoms with Crippen LogP contribution in [0.1, 0.15) is 11.3 Å². The van der Waals surface area contributed by atoms with Gasteiger partial charge < -0.3 is 10.7 Å². The van der Waals surface area contributed by atoms with Crippen molar-refractivity contribution in [2.75, 3.05) is 5.73 Å². The van der Waals surface area contributed by atoms with Crippen molar-refractivity contribution >= 4 is 28.5 Å². The maximum atomic E-state index is 8.97. The summed E-state index contributed by atoms with van der Waals surface area (Å²) >= 11 is 1.39. The largest absolute Gasteiger partial charge is 0.399 e. The highest BCUT2D eigenvalue weighted by atomic mass is 32.2. The maximum absolute atomic E-state index is 8.97. The highest BCUT2D eigenvalue weighted by Gasteiger charge is 2.07. The predicted octanol–water partition coefficient (Wildman–Crippen LogP) is 2.87. The molecule has 0 aliphatic carbocycles. The Labute approximate surface area is 119 Å². The highest BCUT2D eigenvalue weighted by Crippen LogP contribution is 2.27. The lowest BCUT2D eigenvalue weighted by molar-refractivity contribution is 1.03. The average Bonchev–Trinajstić information content (AvgIpc) is 2.79. The van der Waals surface area contributed by atoms with Crippen LogP contribution in [0.4, 0.5) is 5.69 Å². The lowest BCUT2D eigenvalue weighted by atomic mass is 10.2. The number of imidazole rings is 1. The van der Waals surface area contributed by atoms with E-state index in [2.05, 4.69) is 21.0 Å². The quantitative estimate of drug-likeness (QED) is 0.705. The van der Waals surface area contributed by atoms with Gasteiger partial charge >= 0.3 is 0 Å². The fourth-order valence-electron chi connectivity index (χ4n) is 1.91. The number of rotatable bonds is 2. The zero-order chi connectivity index (χ0) is 14.1. The van der Waals surface area contributed by atoms with Crippen LogP contribution in [0.3, 0.4) is 0 Å². The second-order valence-corrected chi connectivity index (χ2v) is 5.38. The fraction of sp³-hybridized carbons (Fsp3) is 0.0714. The van der Waals surface area contributed by atoms with Crippen molar-refractivity contribution in [3.05, 3.63) is 41.6 Å². The Hall–Kier alpha value is -2.52. The van der Waals surface area contributed by atoms with Gasteiger partial charge in [0.2, 0.25) is 0 Å². The van der Waals surface area contributed by atoms with Crippen LogP contribution in [-0.4, -0.2) is 15.0 Å². The minimum atomic E-state index is 0.598. The zero-order valence-electron chi connectivity index (χ0n) is 10.7. The summed E-state index contributed by atoms with van der Waals surface area (Å²) in [7, 11) is 0. The average molecular weight is 281 g/mol. The van der Waals surface area contributed by atoms with E-state index in [1.165, 1.54) is 11.8 Å². The van der Waals surface area contributed by atoms with Crippen molar-refractivity contribution in [2.45, 2.75) is 17.1 Å². The number of nitrogens with two attached hydrogens (primary N) is 1. The summed E-state index contributed by atoms with van der Waals surface area (Å²) in [5.74, 6) is 0. The van der Waals surface area contributed by atoms with Gasteiger partial charge in [-0.2, -0.15) is 5.26 Å². The molecule has 2 aromatic heterocycles. The number of nitrogens with zero attached hydrogens (tertiary/aromatic N) is 3. The topological polar surface area (TPSA) is 91.4 Å². The van der Waals surface area contributed by atoms with E-state index in [0.29, 0.717) is 11.3 Å². The smallest absolute Gasteiger partial charge is 0.172 e. The van der Waals surface area contributed by atoms with E-state index in [1.54, 1.807) is 12.1 Å². The number of pyridine rings is 1. The van der Waals surface area contributed by atoms with Crippen molar-refractivity contribution in [2.24, 2.45) is 0 Å². The molecular formula is C14H11N5S. The molecule has 0 amide bonds. The Balaban J connectivity index is 1.97. The van der Waals surface area contributed by atoms with Crippen LogP contribution in [0.2, 0.25) is 0 Å². The van der Waals surface area contributed by atoms with Gasteiger partial charge in [-0.1, -0.05) is 0 Å². The Kier molecular flexibility index (Phi) is 3.05. The van der Waals surface area contributed by atoms with E-state index in [0.717, 1.165) is 26.9 Å². The molecule has 3 N–H and O–H groups in total. The van der Waals surface area contributed by atoms with Gasteiger partial charge in [-0.15, -0.1) is 0 Å². The van der Waals surface area contributed by atoms with E-state index in [4.69, 9.17) is 11.0 Å². The molecule has 5 nitrogen and oxygen atoms in total. The summed E-state index contributed by atoms with van der Waals surface area (Å²) in [6.45, 7) is 1.87. The van der Waals surface area contributed by atoms with Gasteiger partial charge in [-0.05, 0) is 49.0 Å². The lowest BCUT2D eigenvalue weighted by Crippen LogP contribution is -1.88. The first-order chi connectivity index (χ1) is 9.64. The van der Waals surface area contributed by atoms with Crippen molar-refractivity contribution in [1.29, 1.82) is 5.26 Å². The molecule has 0 atom stereocenters. The molecule has 0 spiro atoms. The minimum Gasteiger partial charge on any atom is -0.399 e. The third-order valence-corrected chi connectivity index (χ3v) is 3.55. The highest BCUT2D eigenvalue weighted by molar-refractivity contribution is 7.99. The van der Waals surface area contributed by atoms with Gasteiger partial charge in [0, 0.05) is 11.4 Å². The van der Waals surface area contributed by atoms with E-state index < -0.39 is 0 Å². The van der Waals surface area contributed by atoms with Gasteiger partial charge in [0.15, 0.2) is 5.16 Å². The first-order valence-corrected chi connectivity index (χ1v) is 6.77. The zero-order valence-corrected chi connectivity index (χ0v) is 11.5. The number of nitrogens with one attached hydrogen (secondary N) is 1. The third kappa shape index (κ3) is 2.44. The molecule has 0 unspecified atom stereocenters. The minimum absolute atomic E-state index is 0.598. The second kappa shape index (κ2) is 4.87. The number of hydrogen-bond donors (Lipinski definition) is 2. The summed E-state index contributed by atoms with van der Waals surface area (Å²) in [5, 5.41) is 10.4. The van der Waals surface area contributed by atoms with Crippen molar-refractivity contribution in [1.82, 2.24) is 15.0 Å². The van der Waals surface area contributed by atoms with E-state index >= 15 is 0 Å². The molecular weight excluding hydrogens is 270 g/mol. The second-order valence-electron chi connectivity index (χ2n) is 4.37. The number of fused-ring (bicyclic) bond motifs is 1. The monoisotopic (exact) mass is 281 g/mol. The van der Waals surface area contributed by atoms with Crippen LogP contribution in [0.15, 0.2) is 40.5 Å². The normalized spacial score (nSPS) is 10.6. The number of aromatic amines is 1. The number of H-pyrrole nitrogens is 1. The van der Waals surface area contributed by atoms with E-state index in [1.807, 2.05) is 25.1 Å². The number of aromatic nitrogens is 3. The van der Waals surface area contributed by atoms with E-state index in [9.17, 15) is 0 Å². The molecule has 0 aliphatic heterocycles. The molecule has 0 saturated heterocycles. The van der Waals surface area contributed by atoms with Crippen molar-refractivity contribution < 1.29 is 0 Å². The first-order valence-electron chi connectivity index (χ1n) is 5.96. The fourth-order valence-corrected chi connectivity index (χ4v) is 2.78. The van der Waals surface area contributed by atoms with Gasteiger partial charge in [0.25, 0.3) is 0 Å². The Morgan fingerprint density at radius 3 is 2.90 bits per heavy atom. The molecule has 1 aromatic carbocycles. The van der Waals surface area contributed by atoms with E-state index in [-0.39, 0.29) is 0 Å². The van der Waals surface area contributed by atoms with Gasteiger partial charge in [-0.3, -0.25) is 0 Å². The summed E-state index contributed by atoms with van der Waals surface area (Å²) in [4.78, 5) is 12.0. The number of anilines is 1. The lowest BCUT2D eigenvalue weighted by Gasteiger charge is -1.99. The van der Waals surface area contributed by atoms with Crippen LogP contribution in [-0.2, 0) is 0 Å². The Morgan fingerprint density at radius 1 is 1.25 bits per heavy atom. The van der Waals surface area contributed by atoms with Crippen LogP contribution < -0.4 is 5.73 Å². The first kappa shape index (κ1) is 12.5. The molecule has 0 bridgehead atoms. The number of hydrogen-bond acceptors (Lipinski definition) is 5. The van der Waals surface area contributed by atoms with Crippen LogP contribution >= 0.6 is 11.8 Å². The van der Waals surface area contributed by atoms with Crippen molar-refractivity contribution in [3.8, 4) is 6.07 Å². The summed E-state index contributed by atoms with van der Waals surface area (Å²) in [6, 6.07) is 11.2. The van der Waals surface area contributed by atoms with Crippen LogP contribution in [0.5, 0.6) is 0 Å². The Morgan fingerprint density at radius 2 is 2.10 bits per heavy atom. The maximum Gasteiger partial charge on any atom is 0.172 e. The SMILES string of the molecule is Cc1cc(C#N)cc(Sc2nc3ccc(N)cc3[nH]2)n1.